The quantitative estimate of drug-likeness (QED) is 0.736. The summed E-state index contributed by atoms with van der Waals surface area (Å²) in [5.74, 6) is 1.37. The molecule has 0 amide bonds. The number of hydrogen-bond donors (Lipinski definition) is 2. The molecule has 1 aliphatic carbocycles. The molecule has 1 saturated carbocycles. The molecule has 3 atom stereocenters. The molecule has 1 aromatic carbocycles. The van der Waals surface area contributed by atoms with E-state index in [-0.39, 0.29) is 5.75 Å². The highest BCUT2D eigenvalue weighted by Gasteiger charge is 2.47. The fourth-order valence-electron chi connectivity index (χ4n) is 4.73. The van der Waals surface area contributed by atoms with Crippen molar-refractivity contribution in [3.8, 4) is 5.75 Å². The Labute approximate surface area is 160 Å². The lowest BCUT2D eigenvalue weighted by molar-refractivity contribution is 0.0331. The zero-order chi connectivity index (χ0) is 18.7. The van der Waals surface area contributed by atoms with Gasteiger partial charge in [-0.2, -0.15) is 0 Å². The Morgan fingerprint density at radius 2 is 1.81 bits per heavy atom. The van der Waals surface area contributed by atoms with E-state index in [1.54, 1.807) is 12.1 Å². The summed E-state index contributed by atoms with van der Waals surface area (Å²) in [6.45, 7) is 4.18. The van der Waals surface area contributed by atoms with Crippen LogP contribution in [0.3, 0.4) is 0 Å². The molecule has 5 nitrogen and oxygen atoms in total. The van der Waals surface area contributed by atoms with E-state index >= 15 is 0 Å². The molecule has 1 aliphatic heterocycles. The van der Waals surface area contributed by atoms with Crippen molar-refractivity contribution >= 4 is 0 Å². The van der Waals surface area contributed by atoms with Gasteiger partial charge in [0.1, 0.15) is 5.75 Å². The Morgan fingerprint density at radius 3 is 2.48 bits per heavy atom. The third-order valence-corrected chi connectivity index (χ3v) is 5.92. The van der Waals surface area contributed by atoms with E-state index in [9.17, 15) is 10.2 Å². The molecule has 0 spiro atoms. The second-order valence-corrected chi connectivity index (χ2v) is 8.14. The van der Waals surface area contributed by atoms with Gasteiger partial charge in [-0.05, 0) is 42.4 Å². The van der Waals surface area contributed by atoms with Crippen LogP contribution >= 0.6 is 0 Å². The van der Waals surface area contributed by atoms with Crippen molar-refractivity contribution in [1.82, 2.24) is 9.88 Å². The topological polar surface area (TPSA) is 65.8 Å². The first-order valence-corrected chi connectivity index (χ1v) is 9.80. The highest BCUT2D eigenvalue weighted by atomic mass is 16.5. The maximum absolute atomic E-state index is 11.0. The van der Waals surface area contributed by atoms with Crippen LogP contribution in [0.1, 0.15) is 24.1 Å². The van der Waals surface area contributed by atoms with Gasteiger partial charge >= 0.3 is 0 Å². The monoisotopic (exact) mass is 368 g/mol. The van der Waals surface area contributed by atoms with Crippen LogP contribution in [0.4, 0.5) is 0 Å². The van der Waals surface area contributed by atoms with E-state index < -0.39 is 5.60 Å². The SMILES string of the molecule is Oc1ccc(COCCN2C[C@@H]3CC(O)(Cc4ccccc4)C[C@@H]3C2)nc1. The number of aromatic nitrogens is 1. The third-order valence-electron chi connectivity index (χ3n) is 5.92. The van der Waals surface area contributed by atoms with E-state index in [4.69, 9.17) is 4.74 Å². The number of likely N-dealkylation sites (tertiary alicyclic amines) is 1. The summed E-state index contributed by atoms with van der Waals surface area (Å²) in [6.07, 6.45) is 4.02. The number of fused-ring (bicyclic) bond motifs is 1. The van der Waals surface area contributed by atoms with Crippen LogP contribution in [0.5, 0.6) is 5.75 Å². The molecule has 27 heavy (non-hydrogen) atoms. The van der Waals surface area contributed by atoms with Crippen molar-refractivity contribution in [2.24, 2.45) is 11.8 Å². The maximum atomic E-state index is 11.0. The van der Waals surface area contributed by atoms with Crippen molar-refractivity contribution in [3.63, 3.8) is 0 Å². The predicted octanol–water partition coefficient (Wildman–Crippen LogP) is 2.62. The minimum absolute atomic E-state index is 0.176. The molecule has 0 radical (unpaired) electrons. The van der Waals surface area contributed by atoms with E-state index in [0.717, 1.165) is 44.6 Å². The van der Waals surface area contributed by atoms with Gasteiger partial charge in [0.25, 0.3) is 0 Å². The molecule has 2 heterocycles. The summed E-state index contributed by atoms with van der Waals surface area (Å²) in [4.78, 5) is 6.59. The van der Waals surface area contributed by atoms with E-state index in [2.05, 4.69) is 22.0 Å². The van der Waals surface area contributed by atoms with Crippen molar-refractivity contribution in [2.45, 2.75) is 31.5 Å². The van der Waals surface area contributed by atoms with Crippen molar-refractivity contribution < 1.29 is 14.9 Å². The number of aliphatic hydroxyl groups is 1. The molecule has 2 aliphatic rings. The van der Waals surface area contributed by atoms with Gasteiger partial charge in [-0.1, -0.05) is 30.3 Å². The molecule has 5 heteroatoms. The Bertz CT molecular complexity index is 721. The Balaban J connectivity index is 1.19. The van der Waals surface area contributed by atoms with Crippen LogP contribution < -0.4 is 0 Å². The van der Waals surface area contributed by atoms with Gasteiger partial charge in [-0.15, -0.1) is 0 Å². The number of rotatable bonds is 7. The summed E-state index contributed by atoms with van der Waals surface area (Å²) in [5.41, 5.74) is 1.52. The second-order valence-electron chi connectivity index (χ2n) is 8.14. The first kappa shape index (κ1) is 18.4. The number of pyridine rings is 1. The van der Waals surface area contributed by atoms with E-state index in [1.165, 1.54) is 11.8 Å². The third kappa shape index (κ3) is 4.67. The fraction of sp³-hybridized carbons (Fsp3) is 0.500. The highest BCUT2D eigenvalue weighted by molar-refractivity contribution is 5.19. The normalized spacial score (nSPS) is 27.7. The first-order valence-electron chi connectivity index (χ1n) is 9.80. The zero-order valence-corrected chi connectivity index (χ0v) is 15.6. The van der Waals surface area contributed by atoms with E-state index in [1.807, 2.05) is 18.2 Å². The van der Waals surface area contributed by atoms with Crippen LogP contribution in [0, 0.1) is 11.8 Å². The highest BCUT2D eigenvalue weighted by Crippen LogP contribution is 2.45. The van der Waals surface area contributed by atoms with Gasteiger partial charge in [0, 0.05) is 26.1 Å². The Morgan fingerprint density at radius 1 is 1.07 bits per heavy atom. The molecule has 2 fully saturated rings. The number of aromatic hydroxyl groups is 1. The van der Waals surface area contributed by atoms with Crippen LogP contribution in [-0.2, 0) is 17.8 Å². The summed E-state index contributed by atoms with van der Waals surface area (Å²) in [7, 11) is 0. The molecule has 1 saturated heterocycles. The fourth-order valence-corrected chi connectivity index (χ4v) is 4.73. The van der Waals surface area contributed by atoms with Crippen molar-refractivity contribution in [3.05, 3.63) is 59.9 Å². The molecular weight excluding hydrogens is 340 g/mol. The molecule has 1 unspecified atom stereocenters. The van der Waals surface area contributed by atoms with Crippen molar-refractivity contribution in [1.29, 1.82) is 0 Å². The Kier molecular flexibility index (Phi) is 5.43. The summed E-state index contributed by atoms with van der Waals surface area (Å²) in [6, 6.07) is 13.7. The lowest BCUT2D eigenvalue weighted by Gasteiger charge is -2.26. The van der Waals surface area contributed by atoms with Gasteiger partial charge < -0.3 is 19.8 Å². The zero-order valence-electron chi connectivity index (χ0n) is 15.6. The van der Waals surface area contributed by atoms with Gasteiger partial charge in [0.05, 0.1) is 30.7 Å². The average molecular weight is 368 g/mol. The van der Waals surface area contributed by atoms with Crippen LogP contribution in [0.25, 0.3) is 0 Å². The second kappa shape index (κ2) is 7.97. The van der Waals surface area contributed by atoms with Crippen molar-refractivity contribution in [2.75, 3.05) is 26.2 Å². The minimum Gasteiger partial charge on any atom is -0.506 e. The average Bonchev–Trinajstić information content (AvgIpc) is 3.15. The Hall–Kier alpha value is -1.95. The lowest BCUT2D eigenvalue weighted by atomic mass is 9.91. The maximum Gasteiger partial charge on any atom is 0.133 e. The standard InChI is InChI=1S/C22H28N2O3/c25-21-7-6-20(23-13-21)16-27-9-8-24-14-18-11-22(26,12-19(18)15-24)10-17-4-2-1-3-5-17/h1-7,13,18-19,25-26H,8-12,14-16H2/t18-,19+,22?. The van der Waals surface area contributed by atoms with Crippen LogP contribution in [-0.4, -0.2) is 51.9 Å². The van der Waals surface area contributed by atoms with Gasteiger partial charge in [0.2, 0.25) is 0 Å². The summed E-state index contributed by atoms with van der Waals surface area (Å²) in [5, 5.41) is 20.3. The molecule has 2 aromatic rings. The first-order chi connectivity index (χ1) is 13.1. The van der Waals surface area contributed by atoms with Crippen LogP contribution in [0.2, 0.25) is 0 Å². The molecule has 2 N–H and O–H groups in total. The molecule has 4 rings (SSSR count). The number of benzene rings is 1. The predicted molar refractivity (Wildman–Crippen MR) is 103 cm³/mol. The molecular formula is C22H28N2O3. The number of ether oxygens (including phenoxy) is 1. The van der Waals surface area contributed by atoms with Gasteiger partial charge in [-0.25, -0.2) is 0 Å². The van der Waals surface area contributed by atoms with Crippen LogP contribution in [0.15, 0.2) is 48.7 Å². The molecule has 0 bridgehead atoms. The lowest BCUT2D eigenvalue weighted by Crippen LogP contribution is -2.33. The molecule has 144 valence electrons. The summed E-state index contributed by atoms with van der Waals surface area (Å²) < 4.78 is 5.73. The number of nitrogens with zero attached hydrogens (tertiary/aromatic N) is 2. The largest absolute Gasteiger partial charge is 0.506 e. The number of hydrogen-bond acceptors (Lipinski definition) is 5. The summed E-state index contributed by atoms with van der Waals surface area (Å²) >= 11 is 0. The minimum atomic E-state index is -0.538. The molecule has 1 aromatic heterocycles. The van der Waals surface area contributed by atoms with Gasteiger partial charge in [0.15, 0.2) is 0 Å². The van der Waals surface area contributed by atoms with Gasteiger partial charge in [-0.3, -0.25) is 4.98 Å². The smallest absolute Gasteiger partial charge is 0.133 e. The van der Waals surface area contributed by atoms with E-state index in [0.29, 0.717) is 25.0 Å².